The molecule has 3 rings (SSSR count). The fourth-order valence-corrected chi connectivity index (χ4v) is 3.20. The van der Waals surface area contributed by atoms with Crippen molar-refractivity contribution in [2.45, 2.75) is 20.3 Å². The number of ether oxygens (including phenoxy) is 2. The summed E-state index contributed by atoms with van der Waals surface area (Å²) in [6.07, 6.45) is -0.0761. The van der Waals surface area contributed by atoms with E-state index in [4.69, 9.17) is 9.47 Å². The number of rotatable bonds is 7. The zero-order valence-electron chi connectivity index (χ0n) is 17.3. The van der Waals surface area contributed by atoms with E-state index in [1.165, 1.54) is 17.0 Å². The molecule has 0 aliphatic carbocycles. The largest absolute Gasteiger partial charge is 0.490 e. The molecule has 31 heavy (non-hydrogen) atoms. The second-order valence-electron chi connectivity index (χ2n) is 7.07. The number of nitrogens with zero attached hydrogens (tertiary/aromatic N) is 1. The van der Waals surface area contributed by atoms with Gasteiger partial charge in [-0.2, -0.15) is 0 Å². The average molecular weight is 429 g/mol. The lowest BCUT2D eigenvalue weighted by molar-refractivity contribution is -0.132. The SMILES string of the molecule is CCOc1ccccc1OCC(=O)NNC(=O)C1CC(=O)N(c2ccc(C)cc2F)C1. The lowest BCUT2D eigenvalue weighted by Gasteiger charge is -2.18. The number of benzene rings is 2. The normalized spacial score (nSPS) is 15.5. The van der Waals surface area contributed by atoms with Crippen LogP contribution < -0.4 is 25.2 Å². The van der Waals surface area contributed by atoms with E-state index in [0.717, 1.165) is 5.56 Å². The van der Waals surface area contributed by atoms with Crippen LogP contribution in [0.15, 0.2) is 42.5 Å². The van der Waals surface area contributed by atoms with Crippen molar-refractivity contribution in [1.29, 1.82) is 0 Å². The zero-order valence-corrected chi connectivity index (χ0v) is 17.3. The van der Waals surface area contributed by atoms with Gasteiger partial charge in [0.05, 0.1) is 18.2 Å². The van der Waals surface area contributed by atoms with Crippen LogP contribution in [0, 0.1) is 18.7 Å². The van der Waals surface area contributed by atoms with Crippen molar-refractivity contribution in [1.82, 2.24) is 10.9 Å². The van der Waals surface area contributed by atoms with Crippen LogP contribution in [0.4, 0.5) is 10.1 Å². The number of hydrogen-bond acceptors (Lipinski definition) is 5. The Morgan fingerprint density at radius 2 is 1.84 bits per heavy atom. The fraction of sp³-hybridized carbons (Fsp3) is 0.318. The highest BCUT2D eigenvalue weighted by Crippen LogP contribution is 2.28. The van der Waals surface area contributed by atoms with E-state index < -0.39 is 23.5 Å². The van der Waals surface area contributed by atoms with Crippen LogP contribution in [0.25, 0.3) is 0 Å². The molecular formula is C22H24FN3O5. The van der Waals surface area contributed by atoms with Crippen molar-refractivity contribution in [3.8, 4) is 11.5 Å². The van der Waals surface area contributed by atoms with Gasteiger partial charge in [-0.1, -0.05) is 18.2 Å². The minimum atomic E-state index is -0.715. The Morgan fingerprint density at radius 3 is 2.52 bits per heavy atom. The van der Waals surface area contributed by atoms with Crippen LogP contribution in [-0.2, 0) is 14.4 Å². The third kappa shape index (κ3) is 5.50. The second kappa shape index (κ2) is 9.92. The molecule has 0 radical (unpaired) electrons. The number of amides is 3. The summed E-state index contributed by atoms with van der Waals surface area (Å²) < 4.78 is 25.0. The molecule has 1 saturated heterocycles. The number of halogens is 1. The maximum absolute atomic E-state index is 14.2. The number of nitrogens with one attached hydrogen (secondary N) is 2. The Balaban J connectivity index is 1.49. The Morgan fingerprint density at radius 1 is 1.13 bits per heavy atom. The molecule has 1 unspecified atom stereocenters. The van der Waals surface area contributed by atoms with E-state index in [2.05, 4.69) is 10.9 Å². The molecule has 1 atom stereocenters. The minimum absolute atomic E-state index is 0.0265. The summed E-state index contributed by atoms with van der Waals surface area (Å²) in [5.41, 5.74) is 5.42. The third-order valence-electron chi connectivity index (χ3n) is 4.72. The molecule has 1 heterocycles. The topological polar surface area (TPSA) is 97.0 Å². The maximum atomic E-state index is 14.2. The van der Waals surface area contributed by atoms with Gasteiger partial charge in [-0.25, -0.2) is 4.39 Å². The molecule has 0 bridgehead atoms. The summed E-state index contributed by atoms with van der Waals surface area (Å²) in [6.45, 7) is 3.72. The summed E-state index contributed by atoms with van der Waals surface area (Å²) >= 11 is 0. The van der Waals surface area contributed by atoms with Crippen molar-refractivity contribution in [2.75, 3.05) is 24.7 Å². The van der Waals surface area contributed by atoms with E-state index in [-0.39, 0.29) is 31.2 Å². The number of anilines is 1. The van der Waals surface area contributed by atoms with E-state index >= 15 is 0 Å². The van der Waals surface area contributed by atoms with E-state index in [9.17, 15) is 18.8 Å². The average Bonchev–Trinajstić information content (AvgIpc) is 3.13. The molecule has 1 aliphatic heterocycles. The highest BCUT2D eigenvalue weighted by atomic mass is 19.1. The van der Waals surface area contributed by atoms with Crippen molar-refractivity contribution < 1.29 is 28.2 Å². The maximum Gasteiger partial charge on any atom is 0.276 e. The lowest BCUT2D eigenvalue weighted by Crippen LogP contribution is -2.46. The first-order valence-electron chi connectivity index (χ1n) is 9.89. The Labute approximate surface area is 179 Å². The molecule has 2 aromatic carbocycles. The summed E-state index contributed by atoms with van der Waals surface area (Å²) in [5.74, 6) is -1.79. The number of hydrazine groups is 1. The Kier molecular flexibility index (Phi) is 7.07. The number of carbonyl (C=O) groups excluding carboxylic acids is 3. The molecule has 0 aromatic heterocycles. The summed E-state index contributed by atoms with van der Waals surface area (Å²) in [6, 6.07) is 11.5. The first-order valence-corrected chi connectivity index (χ1v) is 9.89. The molecule has 1 aliphatic rings. The monoisotopic (exact) mass is 429 g/mol. The number of aryl methyl sites for hydroxylation is 1. The molecule has 164 valence electrons. The van der Waals surface area contributed by atoms with Gasteiger partial charge in [0.15, 0.2) is 18.1 Å². The predicted molar refractivity (Wildman–Crippen MR) is 111 cm³/mol. The van der Waals surface area contributed by atoms with Gasteiger partial charge >= 0.3 is 0 Å². The van der Waals surface area contributed by atoms with Gasteiger partial charge in [0, 0.05) is 13.0 Å². The first-order chi connectivity index (χ1) is 14.9. The van der Waals surface area contributed by atoms with E-state index in [1.54, 1.807) is 37.3 Å². The van der Waals surface area contributed by atoms with Crippen molar-refractivity contribution in [3.63, 3.8) is 0 Å². The van der Waals surface area contributed by atoms with E-state index in [0.29, 0.717) is 18.1 Å². The molecule has 2 N–H and O–H groups in total. The van der Waals surface area contributed by atoms with Crippen LogP contribution in [0.2, 0.25) is 0 Å². The molecule has 0 spiro atoms. The van der Waals surface area contributed by atoms with Crippen molar-refractivity contribution >= 4 is 23.4 Å². The first kappa shape index (κ1) is 22.1. The fourth-order valence-electron chi connectivity index (χ4n) is 3.20. The Bertz CT molecular complexity index is 981. The summed E-state index contributed by atoms with van der Waals surface area (Å²) in [7, 11) is 0. The molecule has 9 heteroatoms. The van der Waals surface area contributed by atoms with Gasteiger partial charge in [-0.3, -0.25) is 25.2 Å². The van der Waals surface area contributed by atoms with Gasteiger partial charge in [-0.05, 0) is 43.7 Å². The van der Waals surface area contributed by atoms with Gasteiger partial charge in [0.1, 0.15) is 5.82 Å². The number of carbonyl (C=O) groups is 3. The summed E-state index contributed by atoms with van der Waals surface area (Å²) in [4.78, 5) is 37.9. The van der Waals surface area contributed by atoms with Crippen LogP contribution in [0.3, 0.4) is 0 Å². The predicted octanol–water partition coefficient (Wildman–Crippen LogP) is 2.11. The Hall–Kier alpha value is -3.62. The quantitative estimate of drug-likeness (QED) is 0.657. The van der Waals surface area contributed by atoms with Crippen LogP contribution in [0.1, 0.15) is 18.9 Å². The van der Waals surface area contributed by atoms with Crippen LogP contribution >= 0.6 is 0 Å². The van der Waals surface area contributed by atoms with Gasteiger partial charge in [0.2, 0.25) is 11.8 Å². The smallest absolute Gasteiger partial charge is 0.276 e. The highest BCUT2D eigenvalue weighted by Gasteiger charge is 2.36. The molecular weight excluding hydrogens is 405 g/mol. The highest BCUT2D eigenvalue weighted by molar-refractivity contribution is 6.00. The molecule has 0 saturated carbocycles. The summed E-state index contributed by atoms with van der Waals surface area (Å²) in [5, 5.41) is 0. The third-order valence-corrected chi connectivity index (χ3v) is 4.72. The van der Waals surface area contributed by atoms with Crippen molar-refractivity contribution in [3.05, 3.63) is 53.8 Å². The molecule has 3 amide bonds. The minimum Gasteiger partial charge on any atom is -0.490 e. The van der Waals surface area contributed by atoms with Gasteiger partial charge in [-0.15, -0.1) is 0 Å². The molecule has 2 aromatic rings. The number of hydrogen-bond donors (Lipinski definition) is 2. The molecule has 1 fully saturated rings. The van der Waals surface area contributed by atoms with E-state index in [1.807, 2.05) is 6.92 Å². The van der Waals surface area contributed by atoms with Gasteiger partial charge in [0.25, 0.3) is 5.91 Å². The van der Waals surface area contributed by atoms with Gasteiger partial charge < -0.3 is 14.4 Å². The second-order valence-corrected chi connectivity index (χ2v) is 7.07. The van der Waals surface area contributed by atoms with Crippen LogP contribution in [-0.4, -0.2) is 37.5 Å². The van der Waals surface area contributed by atoms with Crippen molar-refractivity contribution in [2.24, 2.45) is 5.92 Å². The molecule has 8 nitrogen and oxygen atoms in total. The standard InChI is InChI=1S/C22H24FN3O5/c1-3-30-18-6-4-5-7-19(18)31-13-20(27)24-25-22(29)15-11-21(28)26(12-15)17-9-8-14(2)10-16(17)23/h4-10,15H,3,11-13H2,1-2H3,(H,24,27)(H,25,29). The van der Waals surface area contributed by atoms with Crippen LogP contribution in [0.5, 0.6) is 11.5 Å². The zero-order chi connectivity index (χ0) is 22.4. The number of para-hydroxylation sites is 2. The lowest BCUT2D eigenvalue weighted by atomic mass is 10.1.